The minimum atomic E-state index is 0.344. The van der Waals surface area contributed by atoms with Crippen molar-refractivity contribution in [2.45, 2.75) is 26.4 Å². The van der Waals surface area contributed by atoms with Crippen molar-refractivity contribution in [3.8, 4) is 11.1 Å². The molecule has 1 aromatic carbocycles. The van der Waals surface area contributed by atoms with Crippen molar-refractivity contribution in [2.24, 2.45) is 0 Å². The number of rotatable bonds is 4. The summed E-state index contributed by atoms with van der Waals surface area (Å²) < 4.78 is 1.95. The second-order valence-electron chi connectivity index (χ2n) is 4.18. The van der Waals surface area contributed by atoms with Crippen LogP contribution in [0, 0.1) is 0 Å². The van der Waals surface area contributed by atoms with Crippen LogP contribution in [-0.4, -0.2) is 16.8 Å². The number of aryl methyl sites for hydroxylation is 1. The predicted molar refractivity (Wildman–Crippen MR) is 70.8 cm³/mol. The first-order valence-electron chi connectivity index (χ1n) is 6.05. The van der Waals surface area contributed by atoms with E-state index in [-0.39, 0.29) is 0 Å². The molecule has 0 aliphatic rings. The van der Waals surface area contributed by atoms with Gasteiger partial charge < -0.3 is 5.32 Å². The highest BCUT2D eigenvalue weighted by Gasteiger charge is 2.10. The van der Waals surface area contributed by atoms with Crippen molar-refractivity contribution in [3.63, 3.8) is 0 Å². The van der Waals surface area contributed by atoms with Crippen LogP contribution < -0.4 is 5.32 Å². The van der Waals surface area contributed by atoms with Crippen molar-refractivity contribution in [2.75, 3.05) is 7.05 Å². The van der Waals surface area contributed by atoms with Crippen LogP contribution in [-0.2, 0) is 6.54 Å². The molecule has 0 aliphatic carbocycles. The van der Waals surface area contributed by atoms with Gasteiger partial charge in [-0.3, -0.25) is 4.68 Å². The predicted octanol–water partition coefficient (Wildman–Crippen LogP) is 2.85. The second kappa shape index (κ2) is 5.15. The number of aromatic nitrogens is 2. The molecule has 0 aliphatic heterocycles. The van der Waals surface area contributed by atoms with Crippen molar-refractivity contribution in [1.82, 2.24) is 15.1 Å². The lowest BCUT2D eigenvalue weighted by Gasteiger charge is -2.14. The summed E-state index contributed by atoms with van der Waals surface area (Å²) in [7, 11) is 1.98. The Morgan fingerprint density at radius 2 is 2.12 bits per heavy atom. The molecule has 2 aromatic rings. The summed E-state index contributed by atoms with van der Waals surface area (Å²) in [5.74, 6) is 0. The minimum Gasteiger partial charge on any atom is -0.313 e. The molecule has 1 atom stereocenters. The lowest BCUT2D eigenvalue weighted by molar-refractivity contribution is 0.653. The van der Waals surface area contributed by atoms with Crippen LogP contribution in [0.5, 0.6) is 0 Å². The van der Waals surface area contributed by atoms with Crippen LogP contribution in [0.15, 0.2) is 36.7 Å². The van der Waals surface area contributed by atoms with Gasteiger partial charge in [0.1, 0.15) is 0 Å². The Morgan fingerprint density at radius 1 is 1.35 bits per heavy atom. The molecule has 3 heteroatoms. The first-order valence-corrected chi connectivity index (χ1v) is 6.05. The Kier molecular flexibility index (Phi) is 3.59. The highest BCUT2D eigenvalue weighted by molar-refractivity contribution is 5.66. The molecule has 90 valence electrons. The fourth-order valence-corrected chi connectivity index (χ4v) is 1.97. The zero-order valence-corrected chi connectivity index (χ0v) is 10.6. The zero-order valence-electron chi connectivity index (χ0n) is 10.6. The van der Waals surface area contributed by atoms with Crippen LogP contribution in [0.25, 0.3) is 11.1 Å². The number of hydrogen-bond acceptors (Lipinski definition) is 2. The Morgan fingerprint density at radius 3 is 2.76 bits per heavy atom. The zero-order chi connectivity index (χ0) is 12.3. The average molecular weight is 229 g/mol. The van der Waals surface area contributed by atoms with Crippen molar-refractivity contribution in [3.05, 3.63) is 42.2 Å². The number of hydrogen-bond donors (Lipinski definition) is 1. The van der Waals surface area contributed by atoms with E-state index in [0.29, 0.717) is 6.04 Å². The van der Waals surface area contributed by atoms with Crippen molar-refractivity contribution < 1.29 is 0 Å². The largest absolute Gasteiger partial charge is 0.313 e. The van der Waals surface area contributed by atoms with E-state index in [1.807, 2.05) is 17.9 Å². The van der Waals surface area contributed by atoms with Crippen LogP contribution in [0.4, 0.5) is 0 Å². The molecule has 3 nitrogen and oxygen atoms in total. The van der Waals surface area contributed by atoms with Crippen LogP contribution >= 0.6 is 0 Å². The van der Waals surface area contributed by atoms with Gasteiger partial charge >= 0.3 is 0 Å². The summed E-state index contributed by atoms with van der Waals surface area (Å²) in [6, 6.07) is 8.82. The van der Waals surface area contributed by atoms with Gasteiger partial charge in [0, 0.05) is 24.3 Å². The molecule has 1 aromatic heterocycles. The van der Waals surface area contributed by atoms with Gasteiger partial charge in [-0.15, -0.1) is 0 Å². The summed E-state index contributed by atoms with van der Waals surface area (Å²) in [6.45, 7) is 5.17. The van der Waals surface area contributed by atoms with E-state index in [1.165, 1.54) is 16.7 Å². The minimum absolute atomic E-state index is 0.344. The van der Waals surface area contributed by atoms with Crippen LogP contribution in [0.1, 0.15) is 25.5 Å². The molecule has 0 saturated carbocycles. The summed E-state index contributed by atoms with van der Waals surface area (Å²) >= 11 is 0. The topological polar surface area (TPSA) is 29.9 Å². The maximum absolute atomic E-state index is 4.33. The summed E-state index contributed by atoms with van der Waals surface area (Å²) in [5, 5.41) is 7.62. The number of benzene rings is 1. The molecular weight excluding hydrogens is 210 g/mol. The molecule has 0 spiro atoms. The van der Waals surface area contributed by atoms with Gasteiger partial charge in [0.2, 0.25) is 0 Å². The maximum Gasteiger partial charge on any atom is 0.0568 e. The first-order chi connectivity index (χ1) is 8.26. The Balaban J connectivity index is 2.44. The molecule has 0 amide bonds. The number of nitrogens with one attached hydrogen (secondary N) is 1. The lowest BCUT2D eigenvalue weighted by Crippen LogP contribution is -2.13. The average Bonchev–Trinajstić information content (AvgIpc) is 2.86. The molecule has 1 N–H and O–H groups in total. The summed E-state index contributed by atoms with van der Waals surface area (Å²) in [6.07, 6.45) is 4.03. The molecule has 2 rings (SSSR count). The third kappa shape index (κ3) is 2.39. The van der Waals surface area contributed by atoms with E-state index < -0.39 is 0 Å². The fraction of sp³-hybridized carbons (Fsp3) is 0.357. The monoisotopic (exact) mass is 229 g/mol. The Hall–Kier alpha value is -1.61. The third-order valence-electron chi connectivity index (χ3n) is 3.13. The second-order valence-corrected chi connectivity index (χ2v) is 4.18. The first kappa shape index (κ1) is 11.9. The molecule has 0 fully saturated rings. The van der Waals surface area contributed by atoms with E-state index in [4.69, 9.17) is 0 Å². The van der Waals surface area contributed by atoms with E-state index in [2.05, 4.69) is 54.7 Å². The highest BCUT2D eigenvalue weighted by atomic mass is 15.3. The molecule has 1 heterocycles. The van der Waals surface area contributed by atoms with Gasteiger partial charge in [0.25, 0.3) is 0 Å². The SMILES string of the molecule is CCn1cc(-c2ccccc2C(C)NC)cn1. The van der Waals surface area contributed by atoms with Gasteiger partial charge in [0.05, 0.1) is 6.20 Å². The molecule has 1 unspecified atom stereocenters. The van der Waals surface area contributed by atoms with E-state index in [1.54, 1.807) is 0 Å². The molecule has 0 saturated heterocycles. The van der Waals surface area contributed by atoms with E-state index in [0.717, 1.165) is 6.54 Å². The molecule has 0 bridgehead atoms. The highest BCUT2D eigenvalue weighted by Crippen LogP contribution is 2.27. The quantitative estimate of drug-likeness (QED) is 0.873. The molecule has 0 radical (unpaired) electrons. The normalized spacial score (nSPS) is 12.6. The Bertz CT molecular complexity index is 488. The molecular formula is C14H19N3. The summed E-state index contributed by atoms with van der Waals surface area (Å²) in [5.41, 5.74) is 3.75. The van der Waals surface area contributed by atoms with E-state index in [9.17, 15) is 0 Å². The maximum atomic E-state index is 4.33. The van der Waals surface area contributed by atoms with Gasteiger partial charge in [-0.05, 0) is 32.0 Å². The van der Waals surface area contributed by atoms with Crippen LogP contribution in [0.2, 0.25) is 0 Å². The van der Waals surface area contributed by atoms with Gasteiger partial charge in [-0.2, -0.15) is 5.10 Å². The number of nitrogens with zero attached hydrogens (tertiary/aromatic N) is 2. The summed E-state index contributed by atoms with van der Waals surface area (Å²) in [4.78, 5) is 0. The van der Waals surface area contributed by atoms with Gasteiger partial charge in [0.15, 0.2) is 0 Å². The smallest absolute Gasteiger partial charge is 0.0568 e. The van der Waals surface area contributed by atoms with E-state index >= 15 is 0 Å². The molecule has 17 heavy (non-hydrogen) atoms. The van der Waals surface area contributed by atoms with Gasteiger partial charge in [-0.25, -0.2) is 0 Å². The van der Waals surface area contributed by atoms with Crippen molar-refractivity contribution >= 4 is 0 Å². The van der Waals surface area contributed by atoms with Gasteiger partial charge in [-0.1, -0.05) is 24.3 Å². The van der Waals surface area contributed by atoms with Crippen LogP contribution in [0.3, 0.4) is 0 Å². The fourth-order valence-electron chi connectivity index (χ4n) is 1.97. The lowest BCUT2D eigenvalue weighted by atomic mass is 9.98. The van der Waals surface area contributed by atoms with Crippen molar-refractivity contribution in [1.29, 1.82) is 0 Å². The third-order valence-corrected chi connectivity index (χ3v) is 3.13. The standard InChI is InChI=1S/C14H19N3/c1-4-17-10-12(9-16-17)14-8-6-5-7-13(14)11(2)15-3/h5-11,15H,4H2,1-3H3. The Labute approximate surface area is 102 Å².